The van der Waals surface area contributed by atoms with Crippen molar-refractivity contribution in [1.29, 1.82) is 0 Å². The standard InChI is InChI=1S/C7H11N3O4S/c1-3-4-9-5-8-10(7(9)11)6-14-15(2,12)13/h3-5H,6H2,1-2H3/b4-3-. The zero-order chi connectivity index (χ0) is 11.5. The summed E-state index contributed by atoms with van der Waals surface area (Å²) in [5.74, 6) is 0. The quantitative estimate of drug-likeness (QED) is 0.653. The second kappa shape index (κ2) is 4.41. The maximum atomic E-state index is 11.4. The van der Waals surface area contributed by atoms with Gasteiger partial charge in [-0.15, -0.1) is 0 Å². The molecule has 0 saturated carbocycles. The Balaban J connectivity index is 2.85. The van der Waals surface area contributed by atoms with Gasteiger partial charge < -0.3 is 0 Å². The van der Waals surface area contributed by atoms with Crippen LogP contribution in [0, 0.1) is 0 Å². The molecule has 1 heterocycles. The van der Waals surface area contributed by atoms with Gasteiger partial charge in [-0.05, 0) is 6.92 Å². The summed E-state index contributed by atoms with van der Waals surface area (Å²) in [6.45, 7) is 1.33. The number of hydrogen-bond donors (Lipinski definition) is 0. The first-order valence-corrected chi connectivity index (χ1v) is 5.87. The highest BCUT2D eigenvalue weighted by Gasteiger charge is 2.06. The molecule has 0 fully saturated rings. The molecule has 1 aromatic rings. The lowest BCUT2D eigenvalue weighted by Gasteiger charge is -1.98. The Bertz CT molecular complexity index is 511. The highest BCUT2D eigenvalue weighted by molar-refractivity contribution is 7.85. The molecule has 0 aliphatic heterocycles. The molecule has 0 aromatic carbocycles. The van der Waals surface area contributed by atoms with Gasteiger partial charge in [0.1, 0.15) is 6.33 Å². The summed E-state index contributed by atoms with van der Waals surface area (Å²) in [5, 5.41) is 3.66. The van der Waals surface area contributed by atoms with Crippen LogP contribution in [0.1, 0.15) is 6.92 Å². The van der Waals surface area contributed by atoms with Gasteiger partial charge >= 0.3 is 5.69 Å². The Morgan fingerprint density at radius 1 is 1.60 bits per heavy atom. The first-order valence-electron chi connectivity index (χ1n) is 4.05. The van der Waals surface area contributed by atoms with Crippen LogP contribution in [-0.2, 0) is 21.0 Å². The third-order valence-corrected chi connectivity index (χ3v) is 1.99. The minimum Gasteiger partial charge on any atom is -0.257 e. The lowest BCUT2D eigenvalue weighted by Crippen LogP contribution is -2.24. The van der Waals surface area contributed by atoms with Crippen molar-refractivity contribution >= 4 is 16.3 Å². The van der Waals surface area contributed by atoms with Crippen molar-refractivity contribution < 1.29 is 12.6 Å². The topological polar surface area (TPSA) is 83.2 Å². The van der Waals surface area contributed by atoms with E-state index in [2.05, 4.69) is 9.28 Å². The zero-order valence-electron chi connectivity index (χ0n) is 8.32. The van der Waals surface area contributed by atoms with Gasteiger partial charge in [-0.3, -0.25) is 4.57 Å². The molecule has 0 aliphatic carbocycles. The number of nitrogens with zero attached hydrogens (tertiary/aromatic N) is 3. The number of aromatic nitrogens is 3. The lowest BCUT2D eigenvalue weighted by atomic mass is 10.7. The summed E-state index contributed by atoms with van der Waals surface area (Å²) in [6, 6.07) is 0. The Hall–Kier alpha value is -1.41. The highest BCUT2D eigenvalue weighted by Crippen LogP contribution is 1.89. The molecule has 0 aliphatic rings. The van der Waals surface area contributed by atoms with Gasteiger partial charge in [-0.2, -0.15) is 18.2 Å². The van der Waals surface area contributed by atoms with Crippen molar-refractivity contribution in [3.8, 4) is 0 Å². The molecule has 0 saturated heterocycles. The van der Waals surface area contributed by atoms with Crippen LogP contribution in [0.15, 0.2) is 17.2 Å². The van der Waals surface area contributed by atoms with Crippen molar-refractivity contribution in [2.45, 2.75) is 13.7 Å². The van der Waals surface area contributed by atoms with Crippen LogP contribution in [0.25, 0.3) is 6.20 Å². The first-order chi connectivity index (χ1) is 6.94. The maximum absolute atomic E-state index is 11.4. The summed E-state index contributed by atoms with van der Waals surface area (Å²) in [6.07, 6.45) is 5.34. The second-order valence-corrected chi connectivity index (χ2v) is 4.40. The molecule has 7 nitrogen and oxygen atoms in total. The average Bonchev–Trinajstić information content (AvgIpc) is 2.45. The van der Waals surface area contributed by atoms with E-state index in [1.54, 1.807) is 13.0 Å². The van der Waals surface area contributed by atoms with E-state index < -0.39 is 22.5 Å². The van der Waals surface area contributed by atoms with E-state index in [1.807, 2.05) is 0 Å². The van der Waals surface area contributed by atoms with Gasteiger partial charge in [0.15, 0.2) is 6.73 Å². The SMILES string of the molecule is C/C=C\n1cnn(COS(C)(=O)=O)c1=O. The van der Waals surface area contributed by atoms with E-state index >= 15 is 0 Å². The highest BCUT2D eigenvalue weighted by atomic mass is 32.2. The van der Waals surface area contributed by atoms with E-state index in [-0.39, 0.29) is 0 Å². The monoisotopic (exact) mass is 233 g/mol. The third kappa shape index (κ3) is 3.33. The van der Waals surface area contributed by atoms with Crippen LogP contribution in [0.2, 0.25) is 0 Å². The molecular weight excluding hydrogens is 222 g/mol. The Morgan fingerprint density at radius 3 is 2.80 bits per heavy atom. The number of hydrogen-bond acceptors (Lipinski definition) is 5. The van der Waals surface area contributed by atoms with Gasteiger partial charge in [-0.25, -0.2) is 8.98 Å². The molecular formula is C7H11N3O4S. The minimum absolute atomic E-state index is 0.414. The van der Waals surface area contributed by atoms with Gasteiger partial charge in [0, 0.05) is 6.20 Å². The summed E-state index contributed by atoms with van der Waals surface area (Å²) in [5.41, 5.74) is -0.461. The fourth-order valence-electron chi connectivity index (χ4n) is 0.847. The molecule has 0 bridgehead atoms. The Morgan fingerprint density at radius 2 is 2.27 bits per heavy atom. The van der Waals surface area contributed by atoms with Crippen LogP contribution >= 0.6 is 0 Å². The van der Waals surface area contributed by atoms with Crippen molar-refractivity contribution in [2.75, 3.05) is 6.26 Å². The minimum atomic E-state index is -3.57. The summed E-state index contributed by atoms with van der Waals surface area (Å²) in [4.78, 5) is 11.4. The van der Waals surface area contributed by atoms with E-state index in [0.717, 1.165) is 10.9 Å². The van der Waals surface area contributed by atoms with Crippen LogP contribution in [0.5, 0.6) is 0 Å². The first kappa shape index (κ1) is 11.7. The number of allylic oxidation sites excluding steroid dienone is 1. The van der Waals surface area contributed by atoms with Crippen LogP contribution in [0.4, 0.5) is 0 Å². The fraction of sp³-hybridized carbons (Fsp3) is 0.429. The molecule has 0 atom stereocenters. The Kier molecular flexibility index (Phi) is 3.43. The molecule has 1 aromatic heterocycles. The third-order valence-electron chi connectivity index (χ3n) is 1.46. The van der Waals surface area contributed by atoms with Crippen LogP contribution in [0.3, 0.4) is 0 Å². The fourth-order valence-corrected chi connectivity index (χ4v) is 1.14. The molecule has 0 N–H and O–H groups in total. The number of rotatable bonds is 4. The zero-order valence-corrected chi connectivity index (χ0v) is 9.14. The van der Waals surface area contributed by atoms with Gasteiger partial charge in [-0.1, -0.05) is 6.08 Å². The van der Waals surface area contributed by atoms with Gasteiger partial charge in [0.25, 0.3) is 10.1 Å². The second-order valence-electron chi connectivity index (χ2n) is 2.75. The maximum Gasteiger partial charge on any atom is 0.352 e. The average molecular weight is 233 g/mol. The molecule has 1 rings (SSSR count). The molecule has 0 amide bonds. The van der Waals surface area contributed by atoms with Crippen LogP contribution < -0.4 is 5.69 Å². The predicted molar refractivity (Wildman–Crippen MR) is 53.4 cm³/mol. The van der Waals surface area contributed by atoms with E-state index in [4.69, 9.17) is 0 Å². The summed E-state index contributed by atoms with van der Waals surface area (Å²) < 4.78 is 27.9. The van der Waals surface area contributed by atoms with Crippen molar-refractivity contribution in [2.24, 2.45) is 0 Å². The Labute approximate surface area is 86.7 Å². The van der Waals surface area contributed by atoms with Crippen molar-refractivity contribution in [3.05, 3.63) is 22.9 Å². The summed E-state index contributed by atoms with van der Waals surface area (Å²) in [7, 11) is -3.57. The molecule has 84 valence electrons. The van der Waals surface area contributed by atoms with E-state index in [1.165, 1.54) is 17.1 Å². The van der Waals surface area contributed by atoms with Gasteiger partial charge in [0.05, 0.1) is 6.26 Å². The lowest BCUT2D eigenvalue weighted by molar-refractivity contribution is 0.225. The molecule has 0 radical (unpaired) electrons. The molecule has 8 heteroatoms. The summed E-state index contributed by atoms with van der Waals surface area (Å²) >= 11 is 0. The van der Waals surface area contributed by atoms with Crippen molar-refractivity contribution in [1.82, 2.24) is 14.3 Å². The normalized spacial score (nSPS) is 12.4. The molecule has 15 heavy (non-hydrogen) atoms. The van der Waals surface area contributed by atoms with Crippen LogP contribution in [-0.4, -0.2) is 29.0 Å². The van der Waals surface area contributed by atoms with E-state index in [9.17, 15) is 13.2 Å². The molecule has 0 unspecified atom stereocenters. The smallest absolute Gasteiger partial charge is 0.257 e. The molecule has 0 spiro atoms. The predicted octanol–water partition coefficient (Wildman–Crippen LogP) is -0.531. The van der Waals surface area contributed by atoms with E-state index in [0.29, 0.717) is 0 Å². The van der Waals surface area contributed by atoms with Crippen molar-refractivity contribution in [3.63, 3.8) is 0 Å². The van der Waals surface area contributed by atoms with Gasteiger partial charge in [0.2, 0.25) is 0 Å². The largest absolute Gasteiger partial charge is 0.352 e.